The van der Waals surface area contributed by atoms with E-state index in [1.807, 2.05) is 11.8 Å². The predicted octanol–water partition coefficient (Wildman–Crippen LogP) is 4.43. The Morgan fingerprint density at radius 3 is 2.55 bits per heavy atom. The van der Waals surface area contributed by atoms with Crippen molar-refractivity contribution in [3.8, 4) is 0 Å². The molecule has 3 rings (SSSR count). The van der Waals surface area contributed by atoms with Gasteiger partial charge in [0.15, 0.2) is 0 Å². The van der Waals surface area contributed by atoms with Crippen LogP contribution < -0.4 is 5.73 Å². The summed E-state index contributed by atoms with van der Waals surface area (Å²) in [6, 6.07) is 15.5. The third-order valence-corrected chi connectivity index (χ3v) is 4.70. The summed E-state index contributed by atoms with van der Waals surface area (Å²) >= 11 is 1.83. The summed E-state index contributed by atoms with van der Waals surface area (Å²) < 4.78 is 0. The average Bonchev–Trinajstić information content (AvgIpc) is 2.49. The molecule has 102 valence electrons. The summed E-state index contributed by atoms with van der Waals surface area (Å²) in [5.74, 6) is 0. The summed E-state index contributed by atoms with van der Waals surface area (Å²) in [5, 5.41) is 0. The molecule has 0 bridgehead atoms. The zero-order valence-electron chi connectivity index (χ0n) is 11.7. The lowest BCUT2D eigenvalue weighted by Gasteiger charge is -2.17. The van der Waals surface area contributed by atoms with E-state index in [-0.39, 0.29) is 0 Å². The Hall–Kier alpha value is -1.51. The third kappa shape index (κ3) is 2.82. The van der Waals surface area contributed by atoms with E-state index in [9.17, 15) is 0 Å². The van der Waals surface area contributed by atoms with E-state index >= 15 is 0 Å². The molecule has 2 aromatic rings. The van der Waals surface area contributed by atoms with Crippen molar-refractivity contribution in [2.24, 2.45) is 5.73 Å². The van der Waals surface area contributed by atoms with Gasteiger partial charge in [0.1, 0.15) is 0 Å². The van der Waals surface area contributed by atoms with Crippen LogP contribution in [0.1, 0.15) is 23.1 Å². The summed E-state index contributed by atoms with van der Waals surface area (Å²) in [6.07, 6.45) is 4.51. The molecule has 1 aliphatic carbocycles. The second kappa shape index (κ2) is 5.86. The first-order chi connectivity index (χ1) is 9.76. The van der Waals surface area contributed by atoms with Crippen LogP contribution in [0.5, 0.6) is 0 Å². The van der Waals surface area contributed by atoms with E-state index in [1.54, 1.807) is 0 Å². The molecule has 0 saturated heterocycles. The van der Waals surface area contributed by atoms with Gasteiger partial charge in [-0.2, -0.15) is 0 Å². The Balaban J connectivity index is 1.86. The maximum Gasteiger partial charge on any atom is 0.0181 e. The third-order valence-electron chi connectivity index (χ3n) is 3.70. The van der Waals surface area contributed by atoms with Gasteiger partial charge in [-0.1, -0.05) is 41.6 Å². The van der Waals surface area contributed by atoms with Crippen LogP contribution in [-0.2, 0) is 6.42 Å². The Bertz CT molecular complexity index is 641. The number of hydrogen-bond donors (Lipinski definition) is 1. The molecular formula is C18H19NS. The fourth-order valence-corrected chi connectivity index (χ4v) is 3.48. The Morgan fingerprint density at radius 2 is 1.80 bits per heavy atom. The molecule has 0 fully saturated rings. The van der Waals surface area contributed by atoms with Gasteiger partial charge in [0.05, 0.1) is 0 Å². The first-order valence-corrected chi connectivity index (χ1v) is 7.85. The molecule has 0 heterocycles. The highest BCUT2D eigenvalue weighted by Crippen LogP contribution is 2.33. The van der Waals surface area contributed by atoms with Crippen LogP contribution >= 0.6 is 11.8 Å². The Morgan fingerprint density at radius 1 is 1.05 bits per heavy atom. The summed E-state index contributed by atoms with van der Waals surface area (Å²) in [6.45, 7) is 2.76. The minimum atomic E-state index is 0.636. The van der Waals surface area contributed by atoms with Gasteiger partial charge in [0.2, 0.25) is 0 Å². The molecule has 0 atom stereocenters. The van der Waals surface area contributed by atoms with E-state index in [0.29, 0.717) is 6.54 Å². The molecule has 1 nitrogen and oxygen atoms in total. The van der Waals surface area contributed by atoms with E-state index < -0.39 is 0 Å². The summed E-state index contributed by atoms with van der Waals surface area (Å²) in [4.78, 5) is 2.60. The minimum Gasteiger partial charge on any atom is -0.326 e. The van der Waals surface area contributed by atoms with Crippen LogP contribution in [0.2, 0.25) is 0 Å². The van der Waals surface area contributed by atoms with Crippen molar-refractivity contribution < 1.29 is 0 Å². The number of benzene rings is 2. The molecule has 0 saturated carbocycles. The van der Waals surface area contributed by atoms with E-state index in [4.69, 9.17) is 5.73 Å². The van der Waals surface area contributed by atoms with Crippen LogP contribution in [-0.4, -0.2) is 6.54 Å². The van der Waals surface area contributed by atoms with Crippen molar-refractivity contribution >= 4 is 17.3 Å². The maximum atomic E-state index is 5.82. The lowest BCUT2D eigenvalue weighted by molar-refractivity contribution is 0.960. The van der Waals surface area contributed by atoms with E-state index in [2.05, 4.69) is 55.5 Å². The number of fused-ring (bicyclic) bond motifs is 1. The van der Waals surface area contributed by atoms with Crippen molar-refractivity contribution in [3.05, 3.63) is 65.2 Å². The number of nitrogens with two attached hydrogens (primary N) is 1. The zero-order valence-corrected chi connectivity index (χ0v) is 12.5. The lowest BCUT2D eigenvalue weighted by Crippen LogP contribution is -2.08. The van der Waals surface area contributed by atoms with Crippen molar-refractivity contribution in [1.82, 2.24) is 0 Å². The predicted molar refractivity (Wildman–Crippen MR) is 87.1 cm³/mol. The van der Waals surface area contributed by atoms with Gasteiger partial charge in [0, 0.05) is 16.3 Å². The summed E-state index contributed by atoms with van der Waals surface area (Å²) in [7, 11) is 0. The van der Waals surface area contributed by atoms with Gasteiger partial charge in [-0.15, -0.1) is 0 Å². The fourth-order valence-electron chi connectivity index (χ4n) is 2.60. The topological polar surface area (TPSA) is 26.0 Å². The highest BCUT2D eigenvalue weighted by atomic mass is 32.2. The van der Waals surface area contributed by atoms with Crippen LogP contribution in [0.4, 0.5) is 0 Å². The van der Waals surface area contributed by atoms with Gasteiger partial charge in [0.25, 0.3) is 0 Å². The molecule has 2 aromatic carbocycles. The molecule has 0 aromatic heterocycles. The smallest absolute Gasteiger partial charge is 0.0181 e. The van der Waals surface area contributed by atoms with Gasteiger partial charge in [-0.3, -0.25) is 0 Å². The van der Waals surface area contributed by atoms with Gasteiger partial charge in [-0.25, -0.2) is 0 Å². The van der Waals surface area contributed by atoms with Gasteiger partial charge >= 0.3 is 0 Å². The largest absolute Gasteiger partial charge is 0.326 e. The zero-order chi connectivity index (χ0) is 13.9. The molecule has 0 aliphatic heterocycles. The highest BCUT2D eigenvalue weighted by molar-refractivity contribution is 7.99. The van der Waals surface area contributed by atoms with Crippen LogP contribution in [0.3, 0.4) is 0 Å². The monoisotopic (exact) mass is 281 g/mol. The summed E-state index contributed by atoms with van der Waals surface area (Å²) in [5.41, 5.74) is 11.2. The van der Waals surface area contributed by atoms with Crippen LogP contribution in [0.15, 0.2) is 58.3 Å². The highest BCUT2D eigenvalue weighted by Gasteiger charge is 2.12. The fraction of sp³-hybridized carbons (Fsp3) is 0.222. The van der Waals surface area contributed by atoms with Crippen LogP contribution in [0.25, 0.3) is 5.57 Å². The Labute approximate surface area is 124 Å². The SMILES string of the molecule is Cc1ccc(Sc2ccc3c(c2)CCC=C3CN)cc1. The molecule has 1 aliphatic rings. The molecule has 20 heavy (non-hydrogen) atoms. The second-order valence-electron chi connectivity index (χ2n) is 5.21. The van der Waals surface area contributed by atoms with Crippen molar-refractivity contribution in [1.29, 1.82) is 0 Å². The molecular weight excluding hydrogens is 262 g/mol. The molecule has 0 amide bonds. The molecule has 2 N–H and O–H groups in total. The molecule has 0 spiro atoms. The number of aryl methyl sites for hydroxylation is 2. The van der Waals surface area contributed by atoms with E-state index in [1.165, 1.54) is 32.1 Å². The van der Waals surface area contributed by atoms with Crippen molar-refractivity contribution in [3.63, 3.8) is 0 Å². The number of allylic oxidation sites excluding steroid dienone is 1. The minimum absolute atomic E-state index is 0.636. The molecule has 0 radical (unpaired) electrons. The quantitative estimate of drug-likeness (QED) is 0.900. The first-order valence-electron chi connectivity index (χ1n) is 7.03. The number of rotatable bonds is 3. The second-order valence-corrected chi connectivity index (χ2v) is 6.35. The standard InChI is InChI=1S/C18H19NS/c1-13-5-7-16(8-6-13)20-17-9-10-18-14(11-17)3-2-4-15(18)12-19/h4-11H,2-3,12,19H2,1H3. The van der Waals surface area contributed by atoms with Crippen LogP contribution in [0, 0.1) is 6.92 Å². The van der Waals surface area contributed by atoms with Gasteiger partial charge < -0.3 is 5.73 Å². The maximum absolute atomic E-state index is 5.82. The normalized spacial score (nSPS) is 13.8. The lowest BCUT2D eigenvalue weighted by atomic mass is 9.91. The van der Waals surface area contributed by atoms with E-state index in [0.717, 1.165) is 12.8 Å². The molecule has 0 unspecified atom stereocenters. The Kier molecular flexibility index (Phi) is 3.95. The first kappa shape index (κ1) is 13.5. The van der Waals surface area contributed by atoms with Gasteiger partial charge in [-0.05, 0) is 60.7 Å². The van der Waals surface area contributed by atoms with Crippen molar-refractivity contribution in [2.75, 3.05) is 6.54 Å². The molecule has 2 heteroatoms. The van der Waals surface area contributed by atoms with Crippen molar-refractivity contribution in [2.45, 2.75) is 29.6 Å². The number of hydrogen-bond acceptors (Lipinski definition) is 2. The average molecular weight is 281 g/mol.